The van der Waals surface area contributed by atoms with Gasteiger partial charge in [-0.25, -0.2) is 9.97 Å². The maximum atomic E-state index is 8.97. The summed E-state index contributed by atoms with van der Waals surface area (Å²) in [5.74, 6) is 0.755. The normalized spacial score (nSPS) is 15.8. The van der Waals surface area contributed by atoms with E-state index >= 15 is 0 Å². The van der Waals surface area contributed by atoms with Crippen molar-refractivity contribution in [3.8, 4) is 0 Å². The Morgan fingerprint density at radius 3 is 2.42 bits per heavy atom. The molecule has 7 nitrogen and oxygen atoms in total. The lowest BCUT2D eigenvalue weighted by Gasteiger charge is -2.33. The molecule has 0 unspecified atom stereocenters. The molecule has 2 aromatic heterocycles. The molecule has 3 rings (SSSR count). The third-order valence-corrected chi connectivity index (χ3v) is 3.09. The van der Waals surface area contributed by atoms with Gasteiger partial charge in [0, 0.05) is 38.6 Å². The van der Waals surface area contributed by atoms with E-state index < -0.39 is 0 Å². The number of anilines is 2. The second-order valence-corrected chi connectivity index (χ2v) is 4.30. The molecule has 1 saturated heterocycles. The Bertz CT molecular complexity index is 522. The van der Waals surface area contributed by atoms with Crippen LogP contribution in [0.3, 0.4) is 0 Å². The van der Waals surface area contributed by atoms with Gasteiger partial charge < -0.3 is 19.3 Å². The predicted octanol–water partition coefficient (Wildman–Crippen LogP) is 0.283. The first kappa shape index (κ1) is 11.9. The lowest BCUT2D eigenvalue weighted by molar-refractivity contribution is 0.276. The maximum absolute atomic E-state index is 8.97. The lowest BCUT2D eigenvalue weighted by atomic mass is 10.3. The van der Waals surface area contributed by atoms with Gasteiger partial charge in [0.05, 0.1) is 6.61 Å². The number of aliphatic hydroxyl groups is 1. The molecule has 3 heterocycles. The van der Waals surface area contributed by atoms with Crippen LogP contribution >= 0.6 is 0 Å². The fourth-order valence-corrected chi connectivity index (χ4v) is 2.07. The monoisotopic (exact) mass is 261 g/mol. The number of aromatic nitrogens is 3. The molecule has 1 N–H and O–H groups in total. The average Bonchev–Trinajstić information content (AvgIpc) is 2.97. The van der Waals surface area contributed by atoms with Gasteiger partial charge in [-0.05, 0) is 6.07 Å². The molecule has 1 aliphatic rings. The number of piperazine rings is 1. The second kappa shape index (κ2) is 5.23. The van der Waals surface area contributed by atoms with Crippen LogP contribution in [0.1, 0.15) is 5.69 Å². The van der Waals surface area contributed by atoms with Crippen LogP contribution in [0.2, 0.25) is 0 Å². The van der Waals surface area contributed by atoms with Gasteiger partial charge in [-0.1, -0.05) is 0 Å². The Morgan fingerprint density at radius 2 is 1.79 bits per heavy atom. The van der Waals surface area contributed by atoms with Crippen LogP contribution < -0.4 is 9.80 Å². The molecule has 0 saturated carbocycles. The Balaban J connectivity index is 1.63. The van der Waals surface area contributed by atoms with Gasteiger partial charge in [0.15, 0.2) is 0 Å². The van der Waals surface area contributed by atoms with E-state index in [1.54, 1.807) is 12.4 Å². The van der Waals surface area contributed by atoms with Crippen LogP contribution in [-0.4, -0.2) is 46.2 Å². The van der Waals surface area contributed by atoms with E-state index in [4.69, 9.17) is 9.52 Å². The summed E-state index contributed by atoms with van der Waals surface area (Å²) >= 11 is 0. The molecule has 0 bridgehead atoms. The van der Waals surface area contributed by atoms with Crippen molar-refractivity contribution < 1.29 is 9.52 Å². The third kappa shape index (κ3) is 2.50. The molecule has 7 heteroatoms. The van der Waals surface area contributed by atoms with Crippen molar-refractivity contribution in [3.63, 3.8) is 0 Å². The summed E-state index contributed by atoms with van der Waals surface area (Å²) in [5.41, 5.74) is 0.559. The van der Waals surface area contributed by atoms with Crippen LogP contribution in [0.15, 0.2) is 29.1 Å². The largest absolute Gasteiger partial charge is 0.432 e. The lowest BCUT2D eigenvalue weighted by Crippen LogP contribution is -2.47. The summed E-state index contributed by atoms with van der Waals surface area (Å²) in [6.45, 7) is 3.14. The molecular weight excluding hydrogens is 246 g/mol. The molecule has 0 amide bonds. The summed E-state index contributed by atoms with van der Waals surface area (Å²) in [6.07, 6.45) is 4.98. The molecule has 0 aliphatic carbocycles. The van der Waals surface area contributed by atoms with E-state index in [1.165, 1.54) is 6.26 Å². The standard InChI is InChI=1S/C12H15N5O2/c18-8-10-9-19-12(15-10)17-6-4-16(5-7-17)11-13-2-1-3-14-11/h1-3,9,18H,4-8H2. The van der Waals surface area contributed by atoms with Crippen molar-refractivity contribution in [3.05, 3.63) is 30.4 Å². The smallest absolute Gasteiger partial charge is 0.297 e. The van der Waals surface area contributed by atoms with Crippen LogP contribution in [0.25, 0.3) is 0 Å². The molecule has 1 aliphatic heterocycles. The fraction of sp³-hybridized carbons (Fsp3) is 0.417. The predicted molar refractivity (Wildman–Crippen MR) is 68.9 cm³/mol. The van der Waals surface area contributed by atoms with Crippen molar-refractivity contribution in [2.75, 3.05) is 36.0 Å². The van der Waals surface area contributed by atoms with E-state index in [2.05, 4.69) is 24.8 Å². The van der Waals surface area contributed by atoms with Gasteiger partial charge in [-0.15, -0.1) is 0 Å². The number of hydrogen-bond acceptors (Lipinski definition) is 7. The van der Waals surface area contributed by atoms with Crippen molar-refractivity contribution in [2.24, 2.45) is 0 Å². The van der Waals surface area contributed by atoms with E-state index in [-0.39, 0.29) is 6.61 Å². The second-order valence-electron chi connectivity index (χ2n) is 4.30. The molecule has 0 atom stereocenters. The quantitative estimate of drug-likeness (QED) is 0.850. The topological polar surface area (TPSA) is 78.5 Å². The van der Waals surface area contributed by atoms with Gasteiger partial charge in [-0.3, -0.25) is 0 Å². The summed E-state index contributed by atoms with van der Waals surface area (Å²) in [5, 5.41) is 8.97. The van der Waals surface area contributed by atoms with Crippen LogP contribution in [0.5, 0.6) is 0 Å². The van der Waals surface area contributed by atoms with Crippen LogP contribution in [-0.2, 0) is 6.61 Å². The first-order valence-corrected chi connectivity index (χ1v) is 6.19. The maximum Gasteiger partial charge on any atom is 0.297 e. The summed E-state index contributed by atoms with van der Waals surface area (Å²) < 4.78 is 5.34. The van der Waals surface area contributed by atoms with Gasteiger partial charge in [-0.2, -0.15) is 4.98 Å². The minimum Gasteiger partial charge on any atom is -0.432 e. The minimum absolute atomic E-state index is 0.0959. The zero-order valence-electron chi connectivity index (χ0n) is 10.4. The summed E-state index contributed by atoms with van der Waals surface area (Å²) in [4.78, 5) is 16.9. The van der Waals surface area contributed by atoms with E-state index in [0.717, 1.165) is 32.1 Å². The molecule has 19 heavy (non-hydrogen) atoms. The van der Waals surface area contributed by atoms with Gasteiger partial charge in [0.1, 0.15) is 12.0 Å². The number of aliphatic hydroxyl groups excluding tert-OH is 1. The first-order chi connectivity index (χ1) is 9.36. The average molecular weight is 261 g/mol. The highest BCUT2D eigenvalue weighted by molar-refractivity contribution is 5.35. The number of nitrogens with zero attached hydrogens (tertiary/aromatic N) is 5. The highest BCUT2D eigenvalue weighted by Gasteiger charge is 2.21. The van der Waals surface area contributed by atoms with E-state index in [9.17, 15) is 0 Å². The summed E-state index contributed by atoms with van der Waals surface area (Å²) in [6, 6.07) is 2.38. The fourth-order valence-electron chi connectivity index (χ4n) is 2.07. The molecular formula is C12H15N5O2. The van der Waals surface area contributed by atoms with E-state index in [0.29, 0.717) is 11.7 Å². The Kier molecular flexibility index (Phi) is 3.28. The van der Waals surface area contributed by atoms with Crippen LogP contribution in [0.4, 0.5) is 12.0 Å². The molecule has 0 spiro atoms. The highest BCUT2D eigenvalue weighted by Crippen LogP contribution is 2.17. The summed E-state index contributed by atoms with van der Waals surface area (Å²) in [7, 11) is 0. The van der Waals surface area contributed by atoms with E-state index in [1.807, 2.05) is 6.07 Å². The zero-order chi connectivity index (χ0) is 13.1. The first-order valence-electron chi connectivity index (χ1n) is 6.19. The molecule has 100 valence electrons. The highest BCUT2D eigenvalue weighted by atomic mass is 16.4. The Labute approximate surface area is 110 Å². The number of hydrogen-bond donors (Lipinski definition) is 1. The zero-order valence-corrected chi connectivity index (χ0v) is 10.4. The Morgan fingerprint density at radius 1 is 1.11 bits per heavy atom. The molecule has 0 aromatic carbocycles. The third-order valence-electron chi connectivity index (χ3n) is 3.09. The molecule has 1 fully saturated rings. The van der Waals surface area contributed by atoms with Gasteiger partial charge in [0.25, 0.3) is 6.01 Å². The molecule has 0 radical (unpaired) electrons. The van der Waals surface area contributed by atoms with Crippen LogP contribution in [0, 0.1) is 0 Å². The minimum atomic E-state index is -0.0959. The number of oxazole rings is 1. The Hall–Kier alpha value is -2.15. The van der Waals surface area contributed by atoms with Gasteiger partial charge in [0.2, 0.25) is 5.95 Å². The van der Waals surface area contributed by atoms with Crippen molar-refractivity contribution in [1.29, 1.82) is 0 Å². The molecule has 2 aromatic rings. The SMILES string of the molecule is OCc1coc(N2CCN(c3ncccn3)CC2)n1. The van der Waals surface area contributed by atoms with Crippen molar-refractivity contribution in [1.82, 2.24) is 15.0 Å². The number of rotatable bonds is 3. The van der Waals surface area contributed by atoms with Gasteiger partial charge >= 0.3 is 0 Å². The van der Waals surface area contributed by atoms with Crippen molar-refractivity contribution in [2.45, 2.75) is 6.61 Å². The van der Waals surface area contributed by atoms with Crippen molar-refractivity contribution >= 4 is 12.0 Å².